The van der Waals surface area contributed by atoms with Crippen molar-refractivity contribution in [1.82, 2.24) is 0 Å². The molecule has 1 aromatic rings. The fraction of sp³-hybridized carbons (Fsp3) is 0.250. The van der Waals surface area contributed by atoms with Crippen molar-refractivity contribution < 1.29 is 0 Å². The van der Waals surface area contributed by atoms with Crippen molar-refractivity contribution in [3.63, 3.8) is 0 Å². The lowest BCUT2D eigenvalue weighted by Gasteiger charge is -2.12. The summed E-state index contributed by atoms with van der Waals surface area (Å²) in [7, 11) is 2.19. The molecule has 0 atom stereocenters. The summed E-state index contributed by atoms with van der Waals surface area (Å²) >= 11 is 7.28. The van der Waals surface area contributed by atoms with Crippen LogP contribution in [0.15, 0.2) is 0 Å². The van der Waals surface area contributed by atoms with Gasteiger partial charge in [0.1, 0.15) is 7.85 Å². The summed E-state index contributed by atoms with van der Waals surface area (Å²) in [6, 6.07) is 0. The second-order valence-electron chi connectivity index (χ2n) is 2.82. The molecule has 0 nitrogen and oxygen atoms in total. The highest BCUT2D eigenvalue weighted by atomic mass is 127. The Morgan fingerprint density at radius 3 is 1.50 bits per heavy atom. The van der Waals surface area contributed by atoms with Gasteiger partial charge in [-0.2, -0.15) is 0 Å². The summed E-state index contributed by atoms with van der Waals surface area (Å²) in [5, 5.41) is 0. The molecule has 4 heteroatoms. The average Bonchev–Trinajstić information content (AvgIpc) is 2.08. The lowest BCUT2D eigenvalue weighted by atomic mass is 9.93. The van der Waals surface area contributed by atoms with E-state index < -0.39 is 0 Å². The van der Waals surface area contributed by atoms with Crippen LogP contribution in [0.3, 0.4) is 0 Å². The van der Waals surface area contributed by atoms with Gasteiger partial charge in [0.2, 0.25) is 0 Å². The third kappa shape index (κ3) is 1.94. The molecule has 0 fully saturated rings. The molecule has 0 aromatic heterocycles. The second kappa shape index (κ2) is 4.33. The van der Waals surface area contributed by atoms with Crippen molar-refractivity contribution >= 4 is 81.1 Å². The minimum Gasteiger partial charge on any atom is -0.0622 e. The van der Waals surface area contributed by atoms with E-state index in [2.05, 4.69) is 89.5 Å². The minimum absolute atomic E-state index is 1.41. The highest BCUT2D eigenvalue weighted by Gasteiger charge is 2.10. The van der Waals surface area contributed by atoms with Gasteiger partial charge in [-0.3, -0.25) is 0 Å². The quantitative estimate of drug-likeness (QED) is 0.383. The maximum atomic E-state index is 2.43. The third-order valence-corrected chi connectivity index (χ3v) is 6.83. The molecule has 0 aliphatic rings. The van der Waals surface area contributed by atoms with E-state index in [-0.39, 0.29) is 0 Å². The molecule has 1 aromatic carbocycles. The van der Waals surface area contributed by atoms with Crippen LogP contribution in [0.4, 0.5) is 0 Å². The summed E-state index contributed by atoms with van der Waals surface area (Å²) in [5.74, 6) is 0. The fourth-order valence-corrected chi connectivity index (χ4v) is 4.30. The number of halogens is 3. The van der Waals surface area contributed by atoms with Crippen molar-refractivity contribution in [2.75, 3.05) is 0 Å². The molecular formula is C8H8BI3. The molecular weight excluding hydrogens is 488 g/mol. The monoisotopic (exact) mass is 496 g/mol. The number of rotatable bonds is 0. The van der Waals surface area contributed by atoms with Gasteiger partial charge < -0.3 is 0 Å². The Morgan fingerprint density at radius 2 is 1.17 bits per heavy atom. The smallest absolute Gasteiger partial charge is 0.0622 e. The Morgan fingerprint density at radius 1 is 0.833 bits per heavy atom. The summed E-state index contributed by atoms with van der Waals surface area (Å²) in [4.78, 5) is 0. The van der Waals surface area contributed by atoms with E-state index >= 15 is 0 Å². The molecule has 0 unspecified atom stereocenters. The molecule has 12 heavy (non-hydrogen) atoms. The van der Waals surface area contributed by atoms with Crippen LogP contribution in [-0.2, 0) is 0 Å². The van der Waals surface area contributed by atoms with Crippen LogP contribution >= 0.6 is 67.8 Å². The van der Waals surface area contributed by atoms with Crippen molar-refractivity contribution in [1.29, 1.82) is 0 Å². The highest BCUT2D eigenvalue weighted by Crippen LogP contribution is 2.23. The Kier molecular flexibility index (Phi) is 4.17. The first kappa shape index (κ1) is 11.5. The van der Waals surface area contributed by atoms with E-state index in [4.69, 9.17) is 0 Å². The summed E-state index contributed by atoms with van der Waals surface area (Å²) in [5.41, 5.74) is 4.27. The highest BCUT2D eigenvalue weighted by molar-refractivity contribution is 14.1. The van der Waals surface area contributed by atoms with E-state index in [0.29, 0.717) is 0 Å². The molecule has 0 heterocycles. The molecule has 0 spiro atoms. The molecule has 0 bridgehead atoms. The summed E-state index contributed by atoms with van der Waals surface area (Å²) < 4.78 is 4.23. The predicted octanol–water partition coefficient (Wildman–Crippen LogP) is 2.38. The zero-order valence-corrected chi connectivity index (χ0v) is 13.6. The predicted molar refractivity (Wildman–Crippen MR) is 82.2 cm³/mol. The Balaban J connectivity index is 3.60. The van der Waals surface area contributed by atoms with E-state index in [1.54, 1.807) is 0 Å². The zero-order valence-electron chi connectivity index (χ0n) is 7.13. The van der Waals surface area contributed by atoms with E-state index in [1.807, 2.05) is 0 Å². The number of hydrogen-bond acceptors (Lipinski definition) is 0. The van der Waals surface area contributed by atoms with Crippen molar-refractivity contribution in [3.05, 3.63) is 21.8 Å². The van der Waals surface area contributed by atoms with Gasteiger partial charge in [0, 0.05) is 10.7 Å². The molecule has 0 N–H and O–H groups in total. The zero-order chi connectivity index (χ0) is 9.46. The average molecular weight is 496 g/mol. The van der Waals surface area contributed by atoms with Crippen LogP contribution in [0.5, 0.6) is 0 Å². The van der Waals surface area contributed by atoms with Crippen LogP contribution in [0.25, 0.3) is 0 Å². The van der Waals surface area contributed by atoms with E-state index in [0.717, 1.165) is 0 Å². The standard InChI is InChI=1S/C8H8BI3/c1-3-6(10)4(2)8(12)5(9)7(3)11/h9H2,1-2H3. The van der Waals surface area contributed by atoms with Gasteiger partial charge in [0.05, 0.1) is 0 Å². The molecule has 0 saturated heterocycles. The van der Waals surface area contributed by atoms with Crippen molar-refractivity contribution in [2.45, 2.75) is 13.8 Å². The third-order valence-electron chi connectivity index (χ3n) is 1.98. The molecule has 64 valence electrons. The molecule has 0 amide bonds. The first-order valence-corrected chi connectivity index (χ1v) is 6.80. The van der Waals surface area contributed by atoms with Gasteiger partial charge in [-0.25, -0.2) is 0 Å². The largest absolute Gasteiger partial charge is 0.142 e. The van der Waals surface area contributed by atoms with Gasteiger partial charge in [-0.15, -0.1) is 0 Å². The Hall–Kier alpha value is 1.47. The maximum Gasteiger partial charge on any atom is 0.142 e. The molecule has 0 aliphatic heterocycles. The van der Waals surface area contributed by atoms with Crippen molar-refractivity contribution in [2.24, 2.45) is 0 Å². The fourth-order valence-electron chi connectivity index (χ4n) is 1.13. The van der Waals surface area contributed by atoms with Crippen LogP contribution in [0, 0.1) is 24.6 Å². The van der Waals surface area contributed by atoms with Crippen LogP contribution < -0.4 is 5.46 Å². The van der Waals surface area contributed by atoms with Gasteiger partial charge in [0.15, 0.2) is 0 Å². The van der Waals surface area contributed by atoms with Gasteiger partial charge in [-0.1, -0.05) is 5.46 Å². The van der Waals surface area contributed by atoms with E-state index in [9.17, 15) is 0 Å². The summed E-state index contributed by atoms with van der Waals surface area (Å²) in [6.45, 7) is 4.39. The molecule has 0 radical (unpaired) electrons. The number of hydrogen-bond donors (Lipinski definition) is 0. The Labute approximate surface area is 115 Å². The first-order chi connectivity index (χ1) is 5.46. The number of benzene rings is 1. The normalized spacial score (nSPS) is 10.4. The molecule has 0 saturated carbocycles. The second-order valence-corrected chi connectivity index (χ2v) is 6.05. The van der Waals surface area contributed by atoms with Crippen LogP contribution in [0.1, 0.15) is 11.1 Å². The van der Waals surface area contributed by atoms with E-state index in [1.165, 1.54) is 27.3 Å². The van der Waals surface area contributed by atoms with Gasteiger partial charge in [-0.05, 0) is 92.7 Å². The molecule has 1 rings (SSSR count). The van der Waals surface area contributed by atoms with Gasteiger partial charge in [0.25, 0.3) is 0 Å². The molecule has 0 aliphatic carbocycles. The minimum atomic E-state index is 1.41. The van der Waals surface area contributed by atoms with Crippen LogP contribution in [0.2, 0.25) is 0 Å². The van der Waals surface area contributed by atoms with Crippen LogP contribution in [-0.4, -0.2) is 7.85 Å². The lowest BCUT2D eigenvalue weighted by molar-refractivity contribution is 1.31. The van der Waals surface area contributed by atoms with Gasteiger partial charge >= 0.3 is 0 Å². The van der Waals surface area contributed by atoms with Crippen molar-refractivity contribution in [3.8, 4) is 0 Å². The first-order valence-electron chi connectivity index (χ1n) is 3.57. The summed E-state index contributed by atoms with van der Waals surface area (Å²) in [6.07, 6.45) is 0. The maximum absolute atomic E-state index is 2.43. The topological polar surface area (TPSA) is 0 Å². The SMILES string of the molecule is Bc1c(I)c(C)c(I)c(C)c1I. The Bertz CT molecular complexity index is 229. The lowest BCUT2D eigenvalue weighted by Crippen LogP contribution is -2.17.